The second-order valence-electron chi connectivity index (χ2n) is 14.0. The summed E-state index contributed by atoms with van der Waals surface area (Å²) in [6, 6.07) is 21.6. The van der Waals surface area contributed by atoms with Crippen LogP contribution in [0.1, 0.15) is 35.6 Å². The van der Waals surface area contributed by atoms with E-state index in [4.69, 9.17) is 74.6 Å². The van der Waals surface area contributed by atoms with Crippen LogP contribution in [0.3, 0.4) is 0 Å². The predicted octanol–water partition coefficient (Wildman–Crippen LogP) is 11.4. The van der Waals surface area contributed by atoms with E-state index in [1.165, 1.54) is 13.0 Å². The number of nitrogens with one attached hydrogen (secondary N) is 2. The van der Waals surface area contributed by atoms with Crippen molar-refractivity contribution >= 4 is 122 Å². The Morgan fingerprint density at radius 1 is 0.593 bits per heavy atom. The van der Waals surface area contributed by atoms with Crippen molar-refractivity contribution < 1.29 is 0 Å². The summed E-state index contributed by atoms with van der Waals surface area (Å²) in [4.78, 5) is 35.1. The molecule has 9 nitrogen and oxygen atoms in total. The zero-order valence-corrected chi connectivity index (χ0v) is 38.4. The largest absolute Gasteiger partial charge is 0.359 e. The van der Waals surface area contributed by atoms with E-state index in [0.29, 0.717) is 52.7 Å². The number of halogens is 6. The van der Waals surface area contributed by atoms with Crippen LogP contribution >= 0.6 is 69.6 Å². The molecule has 0 saturated carbocycles. The van der Waals surface area contributed by atoms with E-state index < -0.39 is 0 Å². The zero-order chi connectivity index (χ0) is 43.1. The Morgan fingerprint density at radius 3 is 1.69 bits per heavy atom. The minimum Gasteiger partial charge on any atom is -0.359 e. The van der Waals surface area contributed by atoms with Gasteiger partial charge < -0.3 is 25.0 Å². The number of nitrogens with zero attached hydrogens (tertiary/aromatic N) is 6. The standard InChI is InChI=1S/C22H23Cl3N4.C16H9Cl3N2O.C6H16N2/c1-28(2)12-5-13-29(3)22-16-6-4-7-18(24)21(16)26-20(27-22)11-9-15-8-10-17(23)19(25)14-15;17-11-6-4-9(8-13(11)19)5-7-14-20-15-10(16(22)21-14)2-1-3-12(15)18;1-7-5-4-6-8(2)3/h4,6-11,14H,5,12-13H2,1-3H3;1-8H,(H,20,21,22);7H,4-6H2,1-3H3/b11-9+;7-5+;. The lowest BCUT2D eigenvalue weighted by molar-refractivity contribution is 0.397. The molecule has 312 valence electrons. The van der Waals surface area contributed by atoms with Crippen LogP contribution in [0.4, 0.5) is 5.82 Å². The number of H-pyrrole nitrogens is 1. The first-order chi connectivity index (χ1) is 28.2. The maximum atomic E-state index is 12.0. The number of para-hydroxylation sites is 2. The lowest BCUT2D eigenvalue weighted by Crippen LogP contribution is -2.24. The molecule has 6 rings (SSSR count). The van der Waals surface area contributed by atoms with Crippen LogP contribution in [0.15, 0.2) is 77.6 Å². The highest BCUT2D eigenvalue weighted by atomic mass is 35.5. The summed E-state index contributed by atoms with van der Waals surface area (Å²) in [5, 5.41) is 7.53. The van der Waals surface area contributed by atoms with Crippen molar-refractivity contribution in [3.63, 3.8) is 0 Å². The first-order valence-electron chi connectivity index (χ1n) is 18.7. The second-order valence-corrected chi connectivity index (χ2v) is 16.4. The van der Waals surface area contributed by atoms with Gasteiger partial charge in [0.05, 0.1) is 46.6 Å². The molecule has 0 saturated heterocycles. The molecule has 2 heterocycles. The molecule has 2 N–H and O–H groups in total. The van der Waals surface area contributed by atoms with Gasteiger partial charge in [0.2, 0.25) is 0 Å². The molecule has 0 unspecified atom stereocenters. The summed E-state index contributed by atoms with van der Waals surface area (Å²) < 4.78 is 0. The maximum absolute atomic E-state index is 12.0. The fourth-order valence-corrected chi connectivity index (χ4v) is 6.63. The van der Waals surface area contributed by atoms with Crippen LogP contribution in [0.5, 0.6) is 0 Å². The molecule has 0 aliphatic heterocycles. The SMILES string of the molecule is CN(C)CCCN(C)c1nc(/C=C/c2ccc(Cl)c(Cl)c2)nc2c(Cl)cccc12.CNCCCN(C)C.O=c1[nH]c(/C=C/c2ccc(Cl)c(Cl)c2)nc2c(Cl)cccc12. The third-order valence-electron chi connectivity index (χ3n) is 8.62. The molecule has 15 heteroatoms. The van der Waals surface area contributed by atoms with Crippen molar-refractivity contribution in [1.29, 1.82) is 0 Å². The number of fused-ring (bicyclic) bond motifs is 2. The molecule has 0 amide bonds. The fourth-order valence-electron chi connectivity index (χ4n) is 5.59. The molecule has 2 aromatic heterocycles. The van der Waals surface area contributed by atoms with Crippen LogP contribution in [0.25, 0.3) is 46.1 Å². The van der Waals surface area contributed by atoms with Gasteiger partial charge in [-0.2, -0.15) is 0 Å². The van der Waals surface area contributed by atoms with Crippen LogP contribution in [-0.4, -0.2) is 98.2 Å². The van der Waals surface area contributed by atoms with E-state index in [-0.39, 0.29) is 5.56 Å². The molecule has 0 aliphatic rings. The van der Waals surface area contributed by atoms with E-state index in [9.17, 15) is 4.79 Å². The Bertz CT molecular complexity index is 2440. The Balaban J connectivity index is 0.000000226. The van der Waals surface area contributed by atoms with E-state index in [1.807, 2.05) is 62.6 Å². The number of hydrogen-bond donors (Lipinski definition) is 2. The van der Waals surface area contributed by atoms with Gasteiger partial charge in [-0.1, -0.05) is 106 Å². The average Bonchev–Trinajstić information content (AvgIpc) is 3.19. The molecule has 0 bridgehead atoms. The zero-order valence-electron chi connectivity index (χ0n) is 33.8. The molecule has 4 aromatic carbocycles. The highest BCUT2D eigenvalue weighted by Crippen LogP contribution is 2.30. The van der Waals surface area contributed by atoms with Crippen molar-refractivity contribution in [3.05, 3.63) is 136 Å². The summed E-state index contributed by atoms with van der Waals surface area (Å²) in [6.45, 7) is 4.20. The van der Waals surface area contributed by atoms with Gasteiger partial charge in [0.25, 0.3) is 5.56 Å². The lowest BCUT2D eigenvalue weighted by Gasteiger charge is -2.21. The fraction of sp³-hybridized carbons (Fsp3) is 0.273. The van der Waals surface area contributed by atoms with Gasteiger partial charge in [-0.25, -0.2) is 15.0 Å². The number of aromatic nitrogens is 4. The second kappa shape index (κ2) is 23.9. The number of benzene rings is 4. The molecule has 0 fully saturated rings. The normalized spacial score (nSPS) is 11.4. The lowest BCUT2D eigenvalue weighted by atomic mass is 10.2. The van der Waals surface area contributed by atoms with Crippen molar-refractivity contribution in [1.82, 2.24) is 35.1 Å². The Kier molecular flexibility index (Phi) is 19.4. The highest BCUT2D eigenvalue weighted by Gasteiger charge is 2.13. The Hall–Kier alpha value is -3.74. The molecule has 0 aliphatic carbocycles. The summed E-state index contributed by atoms with van der Waals surface area (Å²) in [6.07, 6.45) is 9.51. The number of hydrogen-bond acceptors (Lipinski definition) is 8. The molecule has 0 atom stereocenters. The van der Waals surface area contributed by atoms with Gasteiger partial charge in [0, 0.05) is 19.0 Å². The topological polar surface area (TPSA) is 93.3 Å². The number of rotatable bonds is 13. The van der Waals surface area contributed by atoms with Gasteiger partial charge in [0.15, 0.2) is 5.82 Å². The van der Waals surface area contributed by atoms with Crippen molar-refractivity contribution in [2.75, 3.05) is 73.4 Å². The smallest absolute Gasteiger partial charge is 0.259 e. The number of aromatic amines is 1. The van der Waals surface area contributed by atoms with Crippen molar-refractivity contribution in [3.8, 4) is 0 Å². The van der Waals surface area contributed by atoms with Gasteiger partial charge in [-0.3, -0.25) is 4.79 Å². The van der Waals surface area contributed by atoms with E-state index in [1.54, 1.807) is 48.6 Å². The van der Waals surface area contributed by atoms with Crippen molar-refractivity contribution in [2.24, 2.45) is 0 Å². The third kappa shape index (κ3) is 15.0. The summed E-state index contributed by atoms with van der Waals surface area (Å²) in [5.41, 5.74) is 2.75. The van der Waals surface area contributed by atoms with Gasteiger partial charge in [0.1, 0.15) is 11.6 Å². The average molecular weight is 918 g/mol. The summed E-state index contributed by atoms with van der Waals surface area (Å²) >= 11 is 36.5. The highest BCUT2D eigenvalue weighted by molar-refractivity contribution is 6.42. The molecule has 0 radical (unpaired) electrons. The van der Waals surface area contributed by atoms with E-state index >= 15 is 0 Å². The van der Waals surface area contributed by atoms with E-state index in [2.05, 4.69) is 63.2 Å². The Morgan fingerprint density at radius 2 is 1.14 bits per heavy atom. The molecular formula is C44H48Cl6N8O. The van der Waals surface area contributed by atoms with Crippen LogP contribution < -0.4 is 15.8 Å². The van der Waals surface area contributed by atoms with Crippen LogP contribution in [0.2, 0.25) is 30.1 Å². The molecule has 0 spiro atoms. The first-order valence-corrected chi connectivity index (χ1v) is 21.0. The van der Waals surface area contributed by atoms with Crippen LogP contribution in [0, 0.1) is 0 Å². The first kappa shape index (κ1) is 47.9. The molecule has 6 aromatic rings. The van der Waals surface area contributed by atoms with Gasteiger partial charge >= 0.3 is 0 Å². The molecule has 59 heavy (non-hydrogen) atoms. The number of anilines is 1. The van der Waals surface area contributed by atoms with Gasteiger partial charge in [-0.05, 0) is 140 Å². The van der Waals surface area contributed by atoms with Crippen LogP contribution in [-0.2, 0) is 0 Å². The monoisotopic (exact) mass is 914 g/mol. The third-order valence-corrected chi connectivity index (χ3v) is 10.7. The summed E-state index contributed by atoms with van der Waals surface area (Å²) in [7, 11) is 12.4. The summed E-state index contributed by atoms with van der Waals surface area (Å²) in [5.74, 6) is 1.87. The minimum absolute atomic E-state index is 0.235. The van der Waals surface area contributed by atoms with Crippen molar-refractivity contribution in [2.45, 2.75) is 12.8 Å². The predicted molar refractivity (Wildman–Crippen MR) is 256 cm³/mol. The quantitative estimate of drug-likeness (QED) is 0.111. The maximum Gasteiger partial charge on any atom is 0.259 e. The molecular weight excluding hydrogens is 869 g/mol. The Labute approximate surface area is 376 Å². The van der Waals surface area contributed by atoms with Gasteiger partial charge in [-0.15, -0.1) is 0 Å². The van der Waals surface area contributed by atoms with E-state index in [0.717, 1.165) is 53.9 Å². The minimum atomic E-state index is -0.235.